The molecule has 6 nitrogen and oxygen atoms in total. The highest BCUT2D eigenvalue weighted by Gasteiger charge is 2.29. The molecule has 2 aliphatic heterocycles. The normalized spacial score (nSPS) is 22.4. The smallest absolute Gasteiger partial charge is 0.323 e. The van der Waals surface area contributed by atoms with E-state index in [4.69, 9.17) is 4.74 Å². The molecule has 0 radical (unpaired) electrons. The maximum Gasteiger partial charge on any atom is 0.323 e. The number of likely N-dealkylation sites (tertiary alicyclic amines) is 1. The van der Waals surface area contributed by atoms with Crippen LogP contribution in [0.2, 0.25) is 0 Å². The minimum Gasteiger partial charge on any atom is -0.465 e. The van der Waals surface area contributed by atoms with Gasteiger partial charge in [-0.25, -0.2) is 0 Å². The van der Waals surface area contributed by atoms with Gasteiger partial charge < -0.3 is 14.5 Å². The van der Waals surface area contributed by atoms with Crippen molar-refractivity contribution in [2.24, 2.45) is 5.92 Å². The molecular formula is C18H33N3O3. The molecule has 2 aliphatic rings. The molecule has 2 heterocycles. The Morgan fingerprint density at radius 2 is 1.67 bits per heavy atom. The van der Waals surface area contributed by atoms with Crippen molar-refractivity contribution < 1.29 is 14.3 Å². The lowest BCUT2D eigenvalue weighted by atomic mass is 9.92. The molecule has 0 N–H and O–H groups in total. The number of likely N-dealkylation sites (N-methyl/N-ethyl adjacent to an activating group) is 1. The molecule has 6 heteroatoms. The molecule has 0 aliphatic carbocycles. The van der Waals surface area contributed by atoms with Crippen LogP contribution in [0.4, 0.5) is 0 Å². The van der Waals surface area contributed by atoms with E-state index in [-0.39, 0.29) is 12.0 Å². The molecule has 0 unspecified atom stereocenters. The zero-order valence-electron chi connectivity index (χ0n) is 15.5. The first-order valence-corrected chi connectivity index (χ1v) is 9.45. The minimum absolute atomic E-state index is 0.138. The van der Waals surface area contributed by atoms with Crippen LogP contribution in [-0.2, 0) is 14.3 Å². The Labute approximate surface area is 146 Å². The molecule has 1 amide bonds. The van der Waals surface area contributed by atoms with Gasteiger partial charge in [0.15, 0.2) is 0 Å². The summed E-state index contributed by atoms with van der Waals surface area (Å²) in [7, 11) is 0. The van der Waals surface area contributed by atoms with Gasteiger partial charge in [-0.1, -0.05) is 6.92 Å². The molecule has 0 bridgehead atoms. The van der Waals surface area contributed by atoms with Gasteiger partial charge in [0.05, 0.1) is 6.61 Å². The van der Waals surface area contributed by atoms with Gasteiger partial charge in [0, 0.05) is 32.6 Å². The van der Waals surface area contributed by atoms with E-state index in [2.05, 4.69) is 16.7 Å². The Kier molecular flexibility index (Phi) is 7.49. The van der Waals surface area contributed by atoms with Crippen molar-refractivity contribution in [3.63, 3.8) is 0 Å². The fourth-order valence-corrected chi connectivity index (χ4v) is 3.65. The summed E-state index contributed by atoms with van der Waals surface area (Å²) in [4.78, 5) is 30.9. The number of nitrogens with zero attached hydrogens (tertiary/aromatic N) is 3. The van der Waals surface area contributed by atoms with Gasteiger partial charge in [-0.2, -0.15) is 0 Å². The second-order valence-corrected chi connectivity index (χ2v) is 6.93. The Bertz CT molecular complexity index is 414. The van der Waals surface area contributed by atoms with Crippen molar-refractivity contribution in [3.05, 3.63) is 0 Å². The average Bonchev–Trinajstić information content (AvgIpc) is 2.62. The highest BCUT2D eigenvalue weighted by atomic mass is 16.5. The number of rotatable bonds is 6. The fraction of sp³-hybridized carbons (Fsp3) is 0.889. The Balaban J connectivity index is 1.71. The predicted octanol–water partition coefficient (Wildman–Crippen LogP) is 1.20. The molecule has 0 aromatic carbocycles. The first-order valence-electron chi connectivity index (χ1n) is 9.45. The Morgan fingerprint density at radius 1 is 1.04 bits per heavy atom. The first kappa shape index (κ1) is 19.2. The summed E-state index contributed by atoms with van der Waals surface area (Å²) in [5.41, 5.74) is 0. The number of hydrogen-bond acceptors (Lipinski definition) is 5. The first-order chi connectivity index (χ1) is 11.5. The van der Waals surface area contributed by atoms with Crippen LogP contribution < -0.4 is 0 Å². The SMILES string of the molecule is CCOC(=O)[C@H](C)N1CCC(CC(=O)N2CCN(CC)CC2)CC1. The van der Waals surface area contributed by atoms with Crippen LogP contribution in [-0.4, -0.2) is 85.0 Å². The largest absolute Gasteiger partial charge is 0.465 e. The second kappa shape index (κ2) is 9.37. The monoisotopic (exact) mass is 339 g/mol. The van der Waals surface area contributed by atoms with Crippen LogP contribution in [0.25, 0.3) is 0 Å². The van der Waals surface area contributed by atoms with Crippen LogP contribution in [0.5, 0.6) is 0 Å². The lowest BCUT2D eigenvalue weighted by Crippen LogP contribution is -2.49. The molecule has 0 aromatic rings. The highest BCUT2D eigenvalue weighted by Crippen LogP contribution is 2.23. The van der Waals surface area contributed by atoms with Gasteiger partial charge in [0.25, 0.3) is 0 Å². The number of carbonyl (C=O) groups is 2. The van der Waals surface area contributed by atoms with Gasteiger partial charge in [0.2, 0.25) is 5.91 Å². The molecular weight excluding hydrogens is 306 g/mol. The van der Waals surface area contributed by atoms with E-state index in [0.29, 0.717) is 24.9 Å². The number of ether oxygens (including phenoxy) is 1. The van der Waals surface area contributed by atoms with E-state index >= 15 is 0 Å². The number of piperidine rings is 1. The zero-order chi connectivity index (χ0) is 17.5. The van der Waals surface area contributed by atoms with Crippen molar-refractivity contribution in [3.8, 4) is 0 Å². The van der Waals surface area contributed by atoms with Gasteiger partial charge in [-0.3, -0.25) is 14.5 Å². The van der Waals surface area contributed by atoms with E-state index in [1.54, 1.807) is 0 Å². The summed E-state index contributed by atoms with van der Waals surface area (Å²) in [6.07, 6.45) is 2.64. The van der Waals surface area contributed by atoms with Crippen molar-refractivity contribution in [2.75, 3.05) is 52.4 Å². The molecule has 1 atom stereocenters. The van der Waals surface area contributed by atoms with Crippen LogP contribution >= 0.6 is 0 Å². The van der Waals surface area contributed by atoms with Crippen LogP contribution in [0.1, 0.15) is 40.0 Å². The highest BCUT2D eigenvalue weighted by molar-refractivity contribution is 5.76. The minimum atomic E-state index is -0.177. The fourth-order valence-electron chi connectivity index (χ4n) is 3.65. The lowest BCUT2D eigenvalue weighted by Gasteiger charge is -2.37. The third-order valence-corrected chi connectivity index (χ3v) is 5.46. The van der Waals surface area contributed by atoms with Crippen LogP contribution in [0.3, 0.4) is 0 Å². The third-order valence-electron chi connectivity index (χ3n) is 5.46. The van der Waals surface area contributed by atoms with E-state index in [0.717, 1.165) is 58.7 Å². The standard InChI is InChI=1S/C18H33N3O3/c1-4-19-10-12-21(13-11-19)17(22)14-16-6-8-20(9-7-16)15(3)18(23)24-5-2/h15-16H,4-14H2,1-3H3/t15-/m0/s1. The second-order valence-electron chi connectivity index (χ2n) is 6.93. The number of piperazine rings is 1. The Morgan fingerprint density at radius 3 is 2.21 bits per heavy atom. The Hall–Kier alpha value is -1.14. The molecule has 2 rings (SSSR count). The van der Waals surface area contributed by atoms with Crippen molar-refractivity contribution in [2.45, 2.75) is 46.1 Å². The molecule has 2 fully saturated rings. The summed E-state index contributed by atoms with van der Waals surface area (Å²) >= 11 is 0. The van der Waals surface area contributed by atoms with Gasteiger partial charge >= 0.3 is 5.97 Å². The average molecular weight is 339 g/mol. The predicted molar refractivity (Wildman–Crippen MR) is 93.7 cm³/mol. The quantitative estimate of drug-likeness (QED) is 0.681. The number of esters is 1. The molecule has 0 saturated carbocycles. The summed E-state index contributed by atoms with van der Waals surface area (Å²) in [5, 5.41) is 0. The van der Waals surface area contributed by atoms with Gasteiger partial charge in [-0.05, 0) is 52.2 Å². The van der Waals surface area contributed by atoms with E-state index in [9.17, 15) is 9.59 Å². The molecule has 0 aromatic heterocycles. The zero-order valence-corrected chi connectivity index (χ0v) is 15.5. The summed E-state index contributed by atoms with van der Waals surface area (Å²) in [6, 6.07) is -0.177. The molecule has 2 saturated heterocycles. The maximum atomic E-state index is 12.5. The summed E-state index contributed by atoms with van der Waals surface area (Å²) in [6.45, 7) is 12.9. The topological polar surface area (TPSA) is 53.1 Å². The van der Waals surface area contributed by atoms with Gasteiger partial charge in [0.1, 0.15) is 6.04 Å². The van der Waals surface area contributed by atoms with Crippen molar-refractivity contribution in [1.82, 2.24) is 14.7 Å². The van der Waals surface area contributed by atoms with E-state index in [1.807, 2.05) is 18.7 Å². The van der Waals surface area contributed by atoms with Gasteiger partial charge in [-0.15, -0.1) is 0 Å². The van der Waals surface area contributed by atoms with Crippen LogP contribution in [0.15, 0.2) is 0 Å². The van der Waals surface area contributed by atoms with Crippen molar-refractivity contribution in [1.29, 1.82) is 0 Å². The molecule has 138 valence electrons. The summed E-state index contributed by atoms with van der Waals surface area (Å²) < 4.78 is 5.10. The van der Waals surface area contributed by atoms with Crippen molar-refractivity contribution >= 4 is 11.9 Å². The summed E-state index contributed by atoms with van der Waals surface area (Å²) in [5.74, 6) is 0.621. The number of amides is 1. The van der Waals surface area contributed by atoms with E-state index in [1.165, 1.54) is 0 Å². The molecule has 0 spiro atoms. The number of hydrogen-bond donors (Lipinski definition) is 0. The van der Waals surface area contributed by atoms with E-state index < -0.39 is 0 Å². The number of carbonyl (C=O) groups excluding carboxylic acids is 2. The molecule has 24 heavy (non-hydrogen) atoms. The third kappa shape index (κ3) is 5.18. The lowest BCUT2D eigenvalue weighted by molar-refractivity contribution is -0.149. The van der Waals surface area contributed by atoms with Crippen LogP contribution in [0, 0.1) is 5.92 Å². The maximum absolute atomic E-state index is 12.5.